The van der Waals surface area contributed by atoms with Crippen LogP contribution in [0, 0.1) is 5.92 Å². The largest absolute Gasteiger partial charge is 0.355 e. The molecule has 0 radical (unpaired) electrons. The van der Waals surface area contributed by atoms with E-state index < -0.39 is 0 Å². The first-order valence-electron chi connectivity index (χ1n) is 6.29. The van der Waals surface area contributed by atoms with E-state index in [-0.39, 0.29) is 11.9 Å². The Morgan fingerprint density at radius 1 is 1.33 bits per heavy atom. The van der Waals surface area contributed by atoms with Gasteiger partial charge in [0.05, 0.1) is 0 Å². The third-order valence-electron chi connectivity index (χ3n) is 2.71. The van der Waals surface area contributed by atoms with Crippen LogP contribution in [0.25, 0.3) is 0 Å². The molecule has 4 heteroatoms. The third-order valence-corrected chi connectivity index (χ3v) is 3.73. The minimum absolute atomic E-state index is 0.0462. The molecule has 0 fully saturated rings. The van der Waals surface area contributed by atoms with Gasteiger partial charge in [0.15, 0.2) is 0 Å². The first-order chi connectivity index (χ1) is 8.59. The number of nitrogens with two attached hydrogens (primary N) is 1. The number of hydrogen-bond acceptors (Lipinski definition) is 3. The lowest BCUT2D eigenvalue weighted by Gasteiger charge is -2.14. The Balaban J connectivity index is 2.13. The molecule has 1 unspecified atom stereocenters. The first kappa shape index (κ1) is 15.1. The highest BCUT2D eigenvalue weighted by atomic mass is 32.2. The summed E-state index contributed by atoms with van der Waals surface area (Å²) in [5.41, 5.74) is 5.85. The van der Waals surface area contributed by atoms with Crippen LogP contribution in [0.3, 0.4) is 0 Å². The van der Waals surface area contributed by atoms with Crippen molar-refractivity contribution in [3.63, 3.8) is 0 Å². The van der Waals surface area contributed by atoms with E-state index in [1.807, 2.05) is 32.0 Å². The van der Waals surface area contributed by atoms with Crippen molar-refractivity contribution >= 4 is 17.7 Å². The number of thioether (sulfide) groups is 1. The highest BCUT2D eigenvalue weighted by Crippen LogP contribution is 2.15. The molecule has 0 aliphatic rings. The number of amides is 1. The van der Waals surface area contributed by atoms with Crippen LogP contribution in [0.1, 0.15) is 20.3 Å². The molecule has 0 aliphatic carbocycles. The van der Waals surface area contributed by atoms with E-state index in [0.29, 0.717) is 18.9 Å². The molecular weight excluding hydrogens is 244 g/mol. The van der Waals surface area contributed by atoms with Crippen LogP contribution < -0.4 is 11.1 Å². The maximum Gasteiger partial charge on any atom is 0.221 e. The molecule has 100 valence electrons. The van der Waals surface area contributed by atoms with E-state index >= 15 is 0 Å². The molecule has 0 spiro atoms. The molecule has 0 aliphatic heterocycles. The van der Waals surface area contributed by atoms with Gasteiger partial charge in [0.2, 0.25) is 5.91 Å². The SMILES string of the molecule is CC(C)C(N)CC(=O)NCCSc1ccccc1. The van der Waals surface area contributed by atoms with Gasteiger partial charge >= 0.3 is 0 Å². The maximum atomic E-state index is 11.6. The predicted molar refractivity (Wildman–Crippen MR) is 77.6 cm³/mol. The van der Waals surface area contributed by atoms with Crippen molar-refractivity contribution in [3.8, 4) is 0 Å². The second-order valence-corrected chi connectivity index (χ2v) is 5.79. The summed E-state index contributed by atoms with van der Waals surface area (Å²) in [4.78, 5) is 12.8. The first-order valence-corrected chi connectivity index (χ1v) is 7.28. The number of carbonyl (C=O) groups is 1. The van der Waals surface area contributed by atoms with Crippen LogP contribution in [0.15, 0.2) is 35.2 Å². The standard InChI is InChI=1S/C14H22N2OS/c1-11(2)13(15)10-14(17)16-8-9-18-12-6-4-3-5-7-12/h3-7,11,13H,8-10,15H2,1-2H3,(H,16,17). The van der Waals surface area contributed by atoms with Crippen LogP contribution >= 0.6 is 11.8 Å². The minimum Gasteiger partial charge on any atom is -0.355 e. The van der Waals surface area contributed by atoms with Gasteiger partial charge < -0.3 is 11.1 Å². The molecule has 0 saturated heterocycles. The van der Waals surface area contributed by atoms with Crippen molar-refractivity contribution in [2.75, 3.05) is 12.3 Å². The summed E-state index contributed by atoms with van der Waals surface area (Å²) in [5.74, 6) is 1.27. The normalized spacial score (nSPS) is 12.4. The van der Waals surface area contributed by atoms with E-state index in [1.165, 1.54) is 4.90 Å². The highest BCUT2D eigenvalue weighted by Gasteiger charge is 2.12. The maximum absolute atomic E-state index is 11.6. The second kappa shape index (κ2) is 8.16. The lowest BCUT2D eigenvalue weighted by Crippen LogP contribution is -2.35. The molecule has 1 aromatic carbocycles. The van der Waals surface area contributed by atoms with E-state index in [9.17, 15) is 4.79 Å². The van der Waals surface area contributed by atoms with Crippen molar-refractivity contribution in [3.05, 3.63) is 30.3 Å². The van der Waals surface area contributed by atoms with Crippen LogP contribution in [0.4, 0.5) is 0 Å². The Hall–Kier alpha value is -1.00. The number of rotatable bonds is 7. The Morgan fingerprint density at radius 2 is 2.00 bits per heavy atom. The molecule has 1 amide bonds. The third kappa shape index (κ3) is 6.07. The lowest BCUT2D eigenvalue weighted by molar-refractivity contribution is -0.121. The van der Waals surface area contributed by atoms with Gasteiger partial charge in [0.1, 0.15) is 0 Å². The minimum atomic E-state index is -0.0493. The van der Waals surface area contributed by atoms with Gasteiger partial charge in [-0.15, -0.1) is 11.8 Å². The molecule has 1 atom stereocenters. The Labute approximate surface area is 114 Å². The number of nitrogens with one attached hydrogen (secondary N) is 1. The molecule has 1 aromatic rings. The quantitative estimate of drug-likeness (QED) is 0.588. The fourth-order valence-corrected chi connectivity index (χ4v) is 2.19. The zero-order valence-electron chi connectivity index (χ0n) is 11.1. The van der Waals surface area contributed by atoms with Gasteiger partial charge in [-0.05, 0) is 18.1 Å². The average molecular weight is 266 g/mol. The summed E-state index contributed by atoms with van der Waals surface area (Å²) in [6, 6.07) is 10.1. The summed E-state index contributed by atoms with van der Waals surface area (Å²) < 4.78 is 0. The van der Waals surface area contributed by atoms with Crippen molar-refractivity contribution in [1.82, 2.24) is 5.32 Å². The fraction of sp³-hybridized carbons (Fsp3) is 0.500. The van der Waals surface area contributed by atoms with Crippen LogP contribution in [-0.4, -0.2) is 24.2 Å². The zero-order chi connectivity index (χ0) is 13.4. The monoisotopic (exact) mass is 266 g/mol. The Morgan fingerprint density at radius 3 is 2.61 bits per heavy atom. The van der Waals surface area contributed by atoms with Gasteiger partial charge in [-0.25, -0.2) is 0 Å². The summed E-state index contributed by atoms with van der Waals surface area (Å²) >= 11 is 1.74. The summed E-state index contributed by atoms with van der Waals surface area (Å²) in [5, 5.41) is 2.90. The van der Waals surface area contributed by atoms with Crippen molar-refractivity contribution in [1.29, 1.82) is 0 Å². The summed E-state index contributed by atoms with van der Waals surface area (Å²) in [6.07, 6.45) is 0.410. The molecule has 0 saturated carbocycles. The van der Waals surface area contributed by atoms with Crippen molar-refractivity contribution in [2.45, 2.75) is 31.2 Å². The smallest absolute Gasteiger partial charge is 0.221 e. The van der Waals surface area contributed by atoms with E-state index in [2.05, 4.69) is 17.4 Å². The molecular formula is C14H22N2OS. The molecule has 3 nitrogen and oxygen atoms in total. The summed E-state index contributed by atoms with van der Waals surface area (Å²) in [7, 11) is 0. The van der Waals surface area contributed by atoms with Gasteiger partial charge in [-0.1, -0.05) is 32.0 Å². The average Bonchev–Trinajstić information content (AvgIpc) is 2.35. The molecule has 0 bridgehead atoms. The van der Waals surface area contributed by atoms with Gasteiger partial charge in [-0.3, -0.25) is 4.79 Å². The topological polar surface area (TPSA) is 55.1 Å². The van der Waals surface area contributed by atoms with Crippen molar-refractivity contribution in [2.24, 2.45) is 11.7 Å². The van der Waals surface area contributed by atoms with E-state index in [4.69, 9.17) is 5.73 Å². The number of hydrogen-bond donors (Lipinski definition) is 2. The molecule has 18 heavy (non-hydrogen) atoms. The number of carbonyl (C=O) groups excluding carboxylic acids is 1. The van der Waals surface area contributed by atoms with Gasteiger partial charge in [0.25, 0.3) is 0 Å². The predicted octanol–water partition coefficient (Wildman–Crippen LogP) is 2.27. The zero-order valence-corrected chi connectivity index (χ0v) is 11.9. The molecule has 1 rings (SSSR count). The Kier molecular flexibility index (Phi) is 6.83. The van der Waals surface area contributed by atoms with Crippen LogP contribution in [0.5, 0.6) is 0 Å². The van der Waals surface area contributed by atoms with E-state index in [0.717, 1.165) is 5.75 Å². The highest BCUT2D eigenvalue weighted by molar-refractivity contribution is 7.99. The second-order valence-electron chi connectivity index (χ2n) is 4.62. The lowest BCUT2D eigenvalue weighted by atomic mass is 10.0. The molecule has 0 heterocycles. The number of benzene rings is 1. The molecule has 3 N–H and O–H groups in total. The van der Waals surface area contributed by atoms with Crippen LogP contribution in [-0.2, 0) is 4.79 Å². The molecule has 0 aromatic heterocycles. The Bertz CT molecular complexity index is 354. The van der Waals surface area contributed by atoms with Gasteiger partial charge in [0, 0.05) is 29.7 Å². The van der Waals surface area contributed by atoms with Gasteiger partial charge in [-0.2, -0.15) is 0 Å². The summed E-state index contributed by atoms with van der Waals surface area (Å²) in [6.45, 7) is 4.75. The van der Waals surface area contributed by atoms with Crippen LogP contribution in [0.2, 0.25) is 0 Å². The fourth-order valence-electron chi connectivity index (χ4n) is 1.40. The van der Waals surface area contributed by atoms with Crippen molar-refractivity contribution < 1.29 is 4.79 Å². The van der Waals surface area contributed by atoms with E-state index in [1.54, 1.807) is 11.8 Å².